The third-order valence-electron chi connectivity index (χ3n) is 2.70. The molecule has 1 saturated heterocycles. The fourth-order valence-corrected chi connectivity index (χ4v) is 2.10. The SMILES string of the molecule is O.O=C(S)[C@@H]1C[C@H](c2ccccc2)CN1. The Kier molecular flexibility index (Phi) is 4.32. The largest absolute Gasteiger partial charge is 0.412 e. The second-order valence-electron chi connectivity index (χ2n) is 3.64. The second-order valence-corrected chi connectivity index (χ2v) is 4.08. The highest BCUT2D eigenvalue weighted by atomic mass is 32.1. The van der Waals surface area contributed by atoms with Gasteiger partial charge in [0.15, 0.2) is 0 Å². The van der Waals surface area contributed by atoms with Gasteiger partial charge in [-0.25, -0.2) is 0 Å². The van der Waals surface area contributed by atoms with Gasteiger partial charge in [0, 0.05) is 6.54 Å². The molecule has 2 rings (SSSR count). The summed E-state index contributed by atoms with van der Waals surface area (Å²) in [5.74, 6) is 0.456. The lowest BCUT2D eigenvalue weighted by molar-refractivity contribution is -0.112. The van der Waals surface area contributed by atoms with E-state index < -0.39 is 0 Å². The number of nitrogens with one attached hydrogen (secondary N) is 1. The summed E-state index contributed by atoms with van der Waals surface area (Å²) >= 11 is 3.84. The normalized spacial score (nSPS) is 24.6. The monoisotopic (exact) mass is 225 g/mol. The van der Waals surface area contributed by atoms with Crippen LogP contribution in [0.2, 0.25) is 0 Å². The number of benzene rings is 1. The first kappa shape index (κ1) is 12.2. The molecule has 2 atom stereocenters. The third kappa shape index (κ3) is 2.81. The van der Waals surface area contributed by atoms with Crippen molar-refractivity contribution in [2.24, 2.45) is 0 Å². The molecule has 0 spiro atoms. The lowest BCUT2D eigenvalue weighted by atomic mass is 9.97. The Hall–Kier alpha value is -0.840. The molecule has 1 aliphatic heterocycles. The molecule has 0 saturated carbocycles. The first-order valence-corrected chi connectivity index (χ1v) is 5.23. The number of hydrogen-bond acceptors (Lipinski definition) is 2. The minimum Gasteiger partial charge on any atom is -0.412 e. The predicted octanol–water partition coefficient (Wildman–Crippen LogP) is 0.764. The van der Waals surface area contributed by atoms with E-state index in [1.807, 2.05) is 18.2 Å². The number of rotatable bonds is 2. The molecular formula is C11H15NO2S. The van der Waals surface area contributed by atoms with E-state index in [0.717, 1.165) is 13.0 Å². The first-order valence-electron chi connectivity index (χ1n) is 4.78. The molecular weight excluding hydrogens is 210 g/mol. The van der Waals surface area contributed by atoms with Gasteiger partial charge in [0.05, 0.1) is 6.04 Å². The van der Waals surface area contributed by atoms with Gasteiger partial charge in [0.1, 0.15) is 0 Å². The van der Waals surface area contributed by atoms with Gasteiger partial charge in [-0.3, -0.25) is 4.79 Å². The van der Waals surface area contributed by atoms with Crippen LogP contribution in [0.4, 0.5) is 0 Å². The molecule has 1 aromatic carbocycles. The Morgan fingerprint density at radius 1 is 1.33 bits per heavy atom. The fraction of sp³-hybridized carbons (Fsp3) is 0.364. The Labute approximate surface area is 94.6 Å². The molecule has 0 amide bonds. The van der Waals surface area contributed by atoms with E-state index in [4.69, 9.17) is 0 Å². The molecule has 1 aliphatic rings. The van der Waals surface area contributed by atoms with Crippen LogP contribution >= 0.6 is 12.6 Å². The van der Waals surface area contributed by atoms with Gasteiger partial charge >= 0.3 is 0 Å². The molecule has 3 N–H and O–H groups in total. The van der Waals surface area contributed by atoms with Crippen LogP contribution in [0.1, 0.15) is 17.9 Å². The van der Waals surface area contributed by atoms with Crippen LogP contribution in [-0.2, 0) is 4.79 Å². The summed E-state index contributed by atoms with van der Waals surface area (Å²) in [4.78, 5) is 11.0. The fourth-order valence-electron chi connectivity index (χ4n) is 1.90. The quantitative estimate of drug-likeness (QED) is 0.730. The zero-order valence-electron chi connectivity index (χ0n) is 8.31. The van der Waals surface area contributed by atoms with Gasteiger partial charge in [0.2, 0.25) is 5.12 Å². The Balaban J connectivity index is 0.00000112. The number of carbonyl (C=O) groups excluding carboxylic acids is 1. The molecule has 1 heterocycles. The number of carbonyl (C=O) groups is 1. The summed E-state index contributed by atoms with van der Waals surface area (Å²) in [5, 5.41) is 3.13. The van der Waals surface area contributed by atoms with Crippen molar-refractivity contribution < 1.29 is 10.3 Å². The third-order valence-corrected chi connectivity index (χ3v) is 3.01. The summed E-state index contributed by atoms with van der Waals surface area (Å²) in [6.07, 6.45) is 0.867. The summed E-state index contributed by atoms with van der Waals surface area (Å²) in [7, 11) is 0. The molecule has 0 aromatic heterocycles. The van der Waals surface area contributed by atoms with Crippen molar-refractivity contribution >= 4 is 17.7 Å². The Morgan fingerprint density at radius 2 is 2.00 bits per heavy atom. The standard InChI is InChI=1S/C11H13NOS.H2O/c13-11(14)10-6-9(7-12-10)8-4-2-1-3-5-8;/h1-5,9-10,12H,6-7H2,(H,13,14);1H2/t9-,10-;/m0./s1. The van der Waals surface area contributed by atoms with Crippen molar-refractivity contribution in [1.29, 1.82) is 0 Å². The molecule has 4 heteroatoms. The number of hydrogen-bond donors (Lipinski definition) is 2. The van der Waals surface area contributed by atoms with Gasteiger partial charge < -0.3 is 10.8 Å². The molecule has 0 aliphatic carbocycles. The Morgan fingerprint density at radius 3 is 2.53 bits per heavy atom. The highest BCUT2D eigenvalue weighted by Crippen LogP contribution is 2.25. The minimum absolute atomic E-state index is 0. The average Bonchev–Trinajstić information content (AvgIpc) is 2.68. The number of thiol groups is 1. The molecule has 3 nitrogen and oxygen atoms in total. The van der Waals surface area contributed by atoms with Crippen molar-refractivity contribution in [3.05, 3.63) is 35.9 Å². The van der Waals surface area contributed by atoms with Gasteiger partial charge in [-0.1, -0.05) is 30.3 Å². The molecule has 0 radical (unpaired) electrons. The topological polar surface area (TPSA) is 60.6 Å². The Bertz CT molecular complexity index is 329. The van der Waals surface area contributed by atoms with Crippen LogP contribution in [0.3, 0.4) is 0 Å². The van der Waals surface area contributed by atoms with Crippen LogP contribution in [0.5, 0.6) is 0 Å². The highest BCUT2D eigenvalue weighted by Gasteiger charge is 2.28. The maximum absolute atomic E-state index is 11.0. The van der Waals surface area contributed by atoms with Crippen LogP contribution in [0.25, 0.3) is 0 Å². The molecule has 0 bridgehead atoms. The van der Waals surface area contributed by atoms with Crippen molar-refractivity contribution in [2.45, 2.75) is 18.4 Å². The molecule has 82 valence electrons. The molecule has 15 heavy (non-hydrogen) atoms. The molecule has 1 aromatic rings. The van der Waals surface area contributed by atoms with Crippen molar-refractivity contribution in [3.8, 4) is 0 Å². The van der Waals surface area contributed by atoms with Crippen molar-refractivity contribution in [3.63, 3.8) is 0 Å². The maximum atomic E-state index is 11.0. The van der Waals surface area contributed by atoms with E-state index in [-0.39, 0.29) is 16.6 Å². The average molecular weight is 225 g/mol. The summed E-state index contributed by atoms with van der Waals surface area (Å²) in [5.41, 5.74) is 1.30. The first-order chi connectivity index (χ1) is 6.77. The van der Waals surface area contributed by atoms with Crippen molar-refractivity contribution in [1.82, 2.24) is 5.32 Å². The van der Waals surface area contributed by atoms with Gasteiger partial charge in [-0.2, -0.15) is 0 Å². The zero-order chi connectivity index (χ0) is 9.97. The van der Waals surface area contributed by atoms with Gasteiger partial charge in [-0.15, -0.1) is 12.6 Å². The van der Waals surface area contributed by atoms with E-state index in [0.29, 0.717) is 5.92 Å². The van der Waals surface area contributed by atoms with E-state index in [1.54, 1.807) is 0 Å². The minimum atomic E-state index is -0.0662. The van der Waals surface area contributed by atoms with Crippen LogP contribution < -0.4 is 5.32 Å². The molecule has 1 fully saturated rings. The van der Waals surface area contributed by atoms with Crippen LogP contribution in [-0.4, -0.2) is 23.2 Å². The van der Waals surface area contributed by atoms with Crippen molar-refractivity contribution in [2.75, 3.05) is 6.54 Å². The maximum Gasteiger partial charge on any atom is 0.202 e. The van der Waals surface area contributed by atoms with E-state index in [9.17, 15) is 4.79 Å². The van der Waals surface area contributed by atoms with Gasteiger partial charge in [-0.05, 0) is 17.9 Å². The summed E-state index contributed by atoms with van der Waals surface area (Å²) < 4.78 is 0. The zero-order valence-corrected chi connectivity index (χ0v) is 9.21. The predicted molar refractivity (Wildman–Crippen MR) is 63.2 cm³/mol. The smallest absolute Gasteiger partial charge is 0.202 e. The highest BCUT2D eigenvalue weighted by molar-refractivity contribution is 7.96. The second kappa shape index (κ2) is 5.30. The van der Waals surface area contributed by atoms with Gasteiger partial charge in [0.25, 0.3) is 0 Å². The lowest BCUT2D eigenvalue weighted by Crippen LogP contribution is -2.26. The van der Waals surface area contributed by atoms with E-state index in [2.05, 4.69) is 30.1 Å². The lowest BCUT2D eigenvalue weighted by Gasteiger charge is -2.07. The van der Waals surface area contributed by atoms with Crippen LogP contribution in [0, 0.1) is 0 Å². The van der Waals surface area contributed by atoms with E-state index in [1.165, 1.54) is 5.56 Å². The molecule has 0 unspecified atom stereocenters. The van der Waals surface area contributed by atoms with Crippen LogP contribution in [0.15, 0.2) is 30.3 Å². The van der Waals surface area contributed by atoms with E-state index >= 15 is 0 Å². The summed E-state index contributed by atoms with van der Waals surface area (Å²) in [6, 6.07) is 10.2. The summed E-state index contributed by atoms with van der Waals surface area (Å²) in [6.45, 7) is 0.876.